The van der Waals surface area contributed by atoms with Crippen molar-refractivity contribution in [2.45, 2.75) is 38.0 Å². The summed E-state index contributed by atoms with van der Waals surface area (Å²) >= 11 is 5.97. The number of hydrogen-bond acceptors (Lipinski definition) is 1. The van der Waals surface area contributed by atoms with E-state index in [4.69, 9.17) is 11.6 Å². The molecule has 86 valence electrons. The zero-order valence-corrected chi connectivity index (χ0v) is 10.0. The molecule has 0 amide bonds. The van der Waals surface area contributed by atoms with Crippen LogP contribution in [0.25, 0.3) is 0 Å². The Morgan fingerprint density at radius 2 is 2.19 bits per heavy atom. The van der Waals surface area contributed by atoms with Crippen molar-refractivity contribution in [1.82, 2.24) is 0 Å². The summed E-state index contributed by atoms with van der Waals surface area (Å²) in [4.78, 5) is 11.4. The largest absolute Gasteiger partial charge is 0.481 e. The number of benzene rings is 1. The number of aryl methyl sites for hydroxylation is 1. The third kappa shape index (κ3) is 1.61. The van der Waals surface area contributed by atoms with E-state index in [0.29, 0.717) is 5.02 Å². The number of aliphatic carboxylic acids is 1. The highest BCUT2D eigenvalue weighted by Gasteiger charge is 2.46. The van der Waals surface area contributed by atoms with E-state index >= 15 is 0 Å². The molecule has 3 heteroatoms. The van der Waals surface area contributed by atoms with Gasteiger partial charge in [0.15, 0.2) is 0 Å². The second-order valence-electron chi connectivity index (χ2n) is 4.40. The third-order valence-corrected chi connectivity index (χ3v) is 3.82. The molecule has 1 aliphatic rings. The lowest BCUT2D eigenvalue weighted by atomic mass is 9.63. The van der Waals surface area contributed by atoms with Gasteiger partial charge in [0.2, 0.25) is 0 Å². The Morgan fingerprint density at radius 3 is 2.62 bits per heavy atom. The van der Waals surface area contributed by atoms with Crippen LogP contribution in [0, 0.1) is 0 Å². The molecule has 1 aliphatic carbocycles. The maximum atomic E-state index is 11.4. The van der Waals surface area contributed by atoms with Gasteiger partial charge < -0.3 is 5.11 Å². The van der Waals surface area contributed by atoms with Crippen molar-refractivity contribution in [2.75, 3.05) is 0 Å². The lowest BCUT2D eigenvalue weighted by molar-refractivity contribution is -0.147. The minimum absolute atomic E-state index is 0.625. The van der Waals surface area contributed by atoms with Gasteiger partial charge in [-0.2, -0.15) is 0 Å². The Labute approximate surface area is 100 Å². The van der Waals surface area contributed by atoms with E-state index < -0.39 is 11.4 Å². The molecule has 1 N–H and O–H groups in total. The van der Waals surface area contributed by atoms with Gasteiger partial charge >= 0.3 is 5.97 Å². The predicted octanol–water partition coefficient (Wildman–Crippen LogP) is 3.41. The highest BCUT2D eigenvalue weighted by atomic mass is 35.5. The van der Waals surface area contributed by atoms with E-state index in [-0.39, 0.29) is 0 Å². The summed E-state index contributed by atoms with van der Waals surface area (Å²) in [6.45, 7) is 2.04. The number of hydrogen-bond donors (Lipinski definition) is 1. The van der Waals surface area contributed by atoms with Crippen molar-refractivity contribution in [3.8, 4) is 0 Å². The van der Waals surface area contributed by atoms with E-state index in [1.165, 1.54) is 0 Å². The van der Waals surface area contributed by atoms with Crippen molar-refractivity contribution in [2.24, 2.45) is 0 Å². The Kier molecular flexibility index (Phi) is 2.94. The molecule has 0 unspecified atom stereocenters. The van der Waals surface area contributed by atoms with Crippen molar-refractivity contribution < 1.29 is 9.90 Å². The summed E-state index contributed by atoms with van der Waals surface area (Å²) in [5.74, 6) is -0.712. The van der Waals surface area contributed by atoms with Gasteiger partial charge in [-0.05, 0) is 42.5 Å². The average Bonchev–Trinajstić information content (AvgIpc) is 2.15. The first-order chi connectivity index (χ1) is 7.60. The molecule has 2 nitrogen and oxygen atoms in total. The fourth-order valence-electron chi connectivity index (χ4n) is 2.43. The van der Waals surface area contributed by atoms with E-state index in [9.17, 15) is 9.90 Å². The molecule has 0 aromatic heterocycles. The lowest BCUT2D eigenvalue weighted by Crippen LogP contribution is -2.43. The van der Waals surface area contributed by atoms with Crippen LogP contribution < -0.4 is 0 Å². The molecular weight excluding hydrogens is 224 g/mol. The van der Waals surface area contributed by atoms with Gasteiger partial charge in [0.25, 0.3) is 0 Å². The van der Waals surface area contributed by atoms with Gasteiger partial charge in [-0.15, -0.1) is 0 Å². The summed E-state index contributed by atoms with van der Waals surface area (Å²) in [5.41, 5.74) is 1.35. The molecule has 1 fully saturated rings. The van der Waals surface area contributed by atoms with Crippen LogP contribution in [0.4, 0.5) is 0 Å². The fraction of sp³-hybridized carbons (Fsp3) is 0.462. The molecular formula is C13H15ClO2. The smallest absolute Gasteiger partial charge is 0.314 e. The van der Waals surface area contributed by atoms with E-state index in [1.807, 2.05) is 25.1 Å². The van der Waals surface area contributed by atoms with Crippen LogP contribution in [0.1, 0.15) is 37.3 Å². The molecule has 1 aromatic carbocycles. The van der Waals surface area contributed by atoms with Crippen LogP contribution in [0.3, 0.4) is 0 Å². The molecule has 0 spiro atoms. The molecule has 0 saturated heterocycles. The maximum Gasteiger partial charge on any atom is 0.314 e. The van der Waals surface area contributed by atoms with Crippen molar-refractivity contribution in [3.63, 3.8) is 0 Å². The van der Waals surface area contributed by atoms with Gasteiger partial charge in [0, 0.05) is 5.02 Å². The zero-order valence-electron chi connectivity index (χ0n) is 9.29. The third-order valence-electron chi connectivity index (χ3n) is 3.58. The normalized spacial score (nSPS) is 17.9. The Morgan fingerprint density at radius 1 is 1.50 bits per heavy atom. The van der Waals surface area contributed by atoms with Gasteiger partial charge in [0.1, 0.15) is 0 Å². The van der Waals surface area contributed by atoms with E-state index in [1.54, 1.807) is 0 Å². The number of carboxylic acids is 1. The number of carbonyl (C=O) groups is 1. The van der Waals surface area contributed by atoms with Crippen LogP contribution in [-0.2, 0) is 16.6 Å². The molecule has 1 saturated carbocycles. The van der Waals surface area contributed by atoms with Crippen molar-refractivity contribution >= 4 is 17.6 Å². The van der Waals surface area contributed by atoms with Gasteiger partial charge in [0.05, 0.1) is 5.41 Å². The quantitative estimate of drug-likeness (QED) is 0.876. The highest BCUT2D eigenvalue weighted by Crippen LogP contribution is 2.46. The summed E-state index contributed by atoms with van der Waals surface area (Å²) < 4.78 is 0. The maximum absolute atomic E-state index is 11.4. The first kappa shape index (κ1) is 11.5. The standard InChI is InChI=1S/C13H15ClO2/c1-2-9-4-5-10(14)8-11(9)13(12(15)16)6-3-7-13/h4-5,8H,2-3,6-7H2,1H3,(H,15,16). The van der Waals surface area contributed by atoms with E-state index in [2.05, 4.69) is 0 Å². The highest BCUT2D eigenvalue weighted by molar-refractivity contribution is 6.30. The minimum Gasteiger partial charge on any atom is -0.481 e. The molecule has 0 aliphatic heterocycles. The Balaban J connectivity index is 2.52. The summed E-state index contributed by atoms with van der Waals surface area (Å²) in [6.07, 6.45) is 3.30. The molecule has 2 rings (SSSR count). The first-order valence-electron chi connectivity index (χ1n) is 5.62. The fourth-order valence-corrected chi connectivity index (χ4v) is 2.60. The Bertz CT molecular complexity index is 422. The number of carboxylic acid groups (broad SMARTS) is 1. The molecule has 0 heterocycles. The van der Waals surface area contributed by atoms with Crippen LogP contribution in [-0.4, -0.2) is 11.1 Å². The number of rotatable bonds is 3. The predicted molar refractivity (Wildman–Crippen MR) is 64.0 cm³/mol. The van der Waals surface area contributed by atoms with Crippen molar-refractivity contribution in [3.05, 3.63) is 34.3 Å². The molecule has 1 aromatic rings. The van der Waals surface area contributed by atoms with Crippen LogP contribution in [0.15, 0.2) is 18.2 Å². The van der Waals surface area contributed by atoms with Crippen molar-refractivity contribution in [1.29, 1.82) is 0 Å². The SMILES string of the molecule is CCc1ccc(Cl)cc1C1(C(=O)O)CCC1. The lowest BCUT2D eigenvalue weighted by Gasteiger charge is -2.39. The first-order valence-corrected chi connectivity index (χ1v) is 6.00. The van der Waals surface area contributed by atoms with Crippen LogP contribution in [0.2, 0.25) is 5.02 Å². The topological polar surface area (TPSA) is 37.3 Å². The Hall–Kier alpha value is -1.02. The molecule has 0 atom stereocenters. The van der Waals surface area contributed by atoms with E-state index in [0.717, 1.165) is 36.8 Å². The molecule has 16 heavy (non-hydrogen) atoms. The van der Waals surface area contributed by atoms with Crippen LogP contribution >= 0.6 is 11.6 Å². The average molecular weight is 239 g/mol. The zero-order chi connectivity index (χ0) is 11.8. The summed E-state index contributed by atoms with van der Waals surface area (Å²) in [5, 5.41) is 10.0. The second-order valence-corrected chi connectivity index (χ2v) is 4.83. The summed E-state index contributed by atoms with van der Waals surface area (Å²) in [6, 6.07) is 5.60. The summed E-state index contributed by atoms with van der Waals surface area (Å²) in [7, 11) is 0. The minimum atomic E-state index is -0.712. The number of halogens is 1. The molecule has 0 radical (unpaired) electrons. The van der Waals surface area contributed by atoms with Gasteiger partial charge in [-0.3, -0.25) is 4.79 Å². The second kappa shape index (κ2) is 4.10. The van der Waals surface area contributed by atoms with Gasteiger partial charge in [-0.25, -0.2) is 0 Å². The van der Waals surface area contributed by atoms with Gasteiger partial charge in [-0.1, -0.05) is 31.0 Å². The molecule has 0 bridgehead atoms. The van der Waals surface area contributed by atoms with Crippen LogP contribution in [0.5, 0.6) is 0 Å². The monoisotopic (exact) mass is 238 g/mol.